The Hall–Kier alpha value is -3.17. The Labute approximate surface area is 187 Å². The summed E-state index contributed by atoms with van der Waals surface area (Å²) in [5.41, 5.74) is 1.66. The SMILES string of the molecule is O=C(NCCOc1ccc(S(=O)(=O)N2CCCC2)cc1)c1ccc(Cn2ccnc2)cc1. The van der Waals surface area contributed by atoms with E-state index in [9.17, 15) is 13.2 Å². The molecule has 8 nitrogen and oxygen atoms in total. The van der Waals surface area contributed by atoms with E-state index in [1.54, 1.807) is 48.9 Å². The average Bonchev–Trinajstić information content (AvgIpc) is 3.52. The van der Waals surface area contributed by atoms with Crippen LogP contribution in [-0.4, -0.2) is 54.4 Å². The van der Waals surface area contributed by atoms with Gasteiger partial charge in [0, 0.05) is 37.6 Å². The third-order valence-electron chi connectivity index (χ3n) is 5.32. The molecule has 1 aliphatic rings. The molecule has 0 radical (unpaired) electrons. The van der Waals surface area contributed by atoms with Gasteiger partial charge in [-0.25, -0.2) is 13.4 Å². The zero-order chi connectivity index (χ0) is 22.4. The molecule has 2 aromatic carbocycles. The number of nitrogens with zero attached hydrogens (tertiary/aromatic N) is 3. The minimum absolute atomic E-state index is 0.171. The molecule has 168 valence electrons. The van der Waals surface area contributed by atoms with Gasteiger partial charge in [0.25, 0.3) is 5.91 Å². The summed E-state index contributed by atoms with van der Waals surface area (Å²) in [7, 11) is -3.42. The van der Waals surface area contributed by atoms with Crippen LogP contribution in [0.1, 0.15) is 28.8 Å². The second-order valence-corrected chi connectivity index (χ2v) is 9.56. The predicted octanol–water partition coefficient (Wildman–Crippen LogP) is 2.52. The van der Waals surface area contributed by atoms with Crippen molar-refractivity contribution in [2.24, 2.45) is 0 Å². The number of carbonyl (C=O) groups excluding carboxylic acids is 1. The van der Waals surface area contributed by atoms with E-state index in [4.69, 9.17) is 4.74 Å². The molecule has 0 atom stereocenters. The van der Waals surface area contributed by atoms with Crippen molar-refractivity contribution < 1.29 is 17.9 Å². The highest BCUT2D eigenvalue weighted by molar-refractivity contribution is 7.89. The van der Waals surface area contributed by atoms with Gasteiger partial charge in [0.15, 0.2) is 0 Å². The van der Waals surface area contributed by atoms with Crippen molar-refractivity contribution >= 4 is 15.9 Å². The number of benzene rings is 2. The summed E-state index contributed by atoms with van der Waals surface area (Å²) in [6.45, 7) is 2.47. The molecule has 32 heavy (non-hydrogen) atoms. The minimum Gasteiger partial charge on any atom is -0.492 e. The van der Waals surface area contributed by atoms with Crippen molar-refractivity contribution in [1.82, 2.24) is 19.2 Å². The molecule has 1 aromatic heterocycles. The van der Waals surface area contributed by atoms with Crippen LogP contribution in [0.2, 0.25) is 0 Å². The molecule has 1 saturated heterocycles. The molecule has 0 spiro atoms. The Morgan fingerprint density at radius 1 is 1.03 bits per heavy atom. The van der Waals surface area contributed by atoms with E-state index < -0.39 is 10.0 Å². The van der Waals surface area contributed by atoms with Gasteiger partial charge in [-0.05, 0) is 54.8 Å². The van der Waals surface area contributed by atoms with Crippen LogP contribution in [0.25, 0.3) is 0 Å². The number of imidazole rings is 1. The predicted molar refractivity (Wildman–Crippen MR) is 120 cm³/mol. The van der Waals surface area contributed by atoms with Gasteiger partial charge in [-0.3, -0.25) is 4.79 Å². The van der Waals surface area contributed by atoms with Crippen LogP contribution in [0.3, 0.4) is 0 Å². The lowest BCUT2D eigenvalue weighted by Gasteiger charge is -2.15. The first-order valence-corrected chi connectivity index (χ1v) is 12.0. The number of carbonyl (C=O) groups is 1. The molecule has 0 aliphatic carbocycles. The molecule has 3 aromatic rings. The van der Waals surface area contributed by atoms with E-state index in [2.05, 4.69) is 10.3 Å². The number of amides is 1. The molecule has 4 rings (SSSR count). The maximum Gasteiger partial charge on any atom is 0.251 e. The lowest BCUT2D eigenvalue weighted by Crippen LogP contribution is -2.28. The molecule has 1 amide bonds. The molecule has 0 bridgehead atoms. The maximum absolute atomic E-state index is 12.5. The van der Waals surface area contributed by atoms with Gasteiger partial charge in [0.1, 0.15) is 12.4 Å². The van der Waals surface area contributed by atoms with Gasteiger partial charge in [0.05, 0.1) is 17.8 Å². The normalized spacial score (nSPS) is 14.4. The summed E-state index contributed by atoms with van der Waals surface area (Å²) < 4.78 is 34.2. The van der Waals surface area contributed by atoms with Crippen LogP contribution in [0.5, 0.6) is 5.75 Å². The molecule has 9 heteroatoms. The minimum atomic E-state index is -3.42. The van der Waals surface area contributed by atoms with Crippen molar-refractivity contribution in [3.8, 4) is 5.75 Å². The van der Waals surface area contributed by atoms with Crippen molar-refractivity contribution in [1.29, 1.82) is 0 Å². The summed E-state index contributed by atoms with van der Waals surface area (Å²) in [4.78, 5) is 16.6. The number of aromatic nitrogens is 2. The molecular formula is C23H26N4O4S. The standard InChI is InChI=1S/C23H26N4O4S/c28-23(20-5-3-19(4-6-20)17-26-15-11-24-18-26)25-12-16-31-21-7-9-22(10-8-21)32(29,30)27-13-1-2-14-27/h3-11,15,18H,1-2,12-14,16-17H2,(H,25,28). The van der Waals surface area contributed by atoms with Gasteiger partial charge in [-0.2, -0.15) is 4.31 Å². The monoisotopic (exact) mass is 454 g/mol. The number of hydrogen-bond acceptors (Lipinski definition) is 5. The van der Waals surface area contributed by atoms with Crippen LogP contribution in [-0.2, 0) is 16.6 Å². The lowest BCUT2D eigenvalue weighted by atomic mass is 10.1. The number of nitrogens with one attached hydrogen (secondary N) is 1. The fourth-order valence-corrected chi connectivity index (χ4v) is 5.09. The molecular weight excluding hydrogens is 428 g/mol. The highest BCUT2D eigenvalue weighted by Crippen LogP contribution is 2.22. The van der Waals surface area contributed by atoms with Crippen molar-refractivity contribution in [3.63, 3.8) is 0 Å². The number of ether oxygens (including phenoxy) is 1. The maximum atomic E-state index is 12.5. The van der Waals surface area contributed by atoms with Gasteiger partial charge >= 0.3 is 0 Å². The summed E-state index contributed by atoms with van der Waals surface area (Å²) >= 11 is 0. The largest absolute Gasteiger partial charge is 0.492 e. The Balaban J connectivity index is 1.22. The fraction of sp³-hybridized carbons (Fsp3) is 0.304. The Morgan fingerprint density at radius 3 is 2.41 bits per heavy atom. The first kappa shape index (κ1) is 22.0. The first-order chi connectivity index (χ1) is 15.5. The topological polar surface area (TPSA) is 93.5 Å². The van der Waals surface area contributed by atoms with Crippen LogP contribution >= 0.6 is 0 Å². The molecule has 0 unspecified atom stereocenters. The average molecular weight is 455 g/mol. The van der Waals surface area contributed by atoms with Crippen LogP contribution in [0, 0.1) is 0 Å². The lowest BCUT2D eigenvalue weighted by molar-refractivity contribution is 0.0947. The number of hydrogen-bond donors (Lipinski definition) is 1. The Morgan fingerprint density at radius 2 is 1.75 bits per heavy atom. The van der Waals surface area contributed by atoms with Gasteiger partial charge < -0.3 is 14.6 Å². The number of rotatable bonds is 9. The van der Waals surface area contributed by atoms with Crippen molar-refractivity contribution in [2.45, 2.75) is 24.3 Å². The number of sulfonamides is 1. The van der Waals surface area contributed by atoms with Crippen molar-refractivity contribution in [2.75, 3.05) is 26.2 Å². The highest BCUT2D eigenvalue weighted by Gasteiger charge is 2.26. The summed E-state index contributed by atoms with van der Waals surface area (Å²) in [6.07, 6.45) is 7.18. The zero-order valence-corrected chi connectivity index (χ0v) is 18.5. The second kappa shape index (κ2) is 9.97. The Kier molecular flexibility index (Phi) is 6.87. The van der Waals surface area contributed by atoms with E-state index in [1.807, 2.05) is 22.9 Å². The van der Waals surface area contributed by atoms with E-state index in [0.717, 1.165) is 18.4 Å². The zero-order valence-electron chi connectivity index (χ0n) is 17.7. The van der Waals surface area contributed by atoms with Gasteiger partial charge in [-0.1, -0.05) is 12.1 Å². The highest BCUT2D eigenvalue weighted by atomic mass is 32.2. The second-order valence-electron chi connectivity index (χ2n) is 7.62. The fourth-order valence-electron chi connectivity index (χ4n) is 3.57. The molecule has 2 heterocycles. The first-order valence-electron chi connectivity index (χ1n) is 10.6. The molecule has 1 fully saturated rings. The quantitative estimate of drug-likeness (QED) is 0.502. The molecule has 1 N–H and O–H groups in total. The van der Waals surface area contributed by atoms with Crippen LogP contribution in [0.15, 0.2) is 72.1 Å². The van der Waals surface area contributed by atoms with E-state index in [-0.39, 0.29) is 17.4 Å². The van der Waals surface area contributed by atoms with E-state index >= 15 is 0 Å². The van der Waals surface area contributed by atoms with Crippen LogP contribution < -0.4 is 10.1 Å². The summed E-state index contributed by atoms with van der Waals surface area (Å²) in [6, 6.07) is 13.8. The summed E-state index contributed by atoms with van der Waals surface area (Å²) in [5, 5.41) is 2.83. The molecule has 1 aliphatic heterocycles. The van der Waals surface area contributed by atoms with Gasteiger partial charge in [0.2, 0.25) is 10.0 Å². The van der Waals surface area contributed by atoms with E-state index in [1.165, 1.54) is 4.31 Å². The third kappa shape index (κ3) is 5.35. The van der Waals surface area contributed by atoms with Crippen LogP contribution in [0.4, 0.5) is 0 Å². The third-order valence-corrected chi connectivity index (χ3v) is 7.24. The van der Waals surface area contributed by atoms with E-state index in [0.29, 0.717) is 37.5 Å². The summed E-state index contributed by atoms with van der Waals surface area (Å²) in [5.74, 6) is 0.387. The molecule has 0 saturated carbocycles. The smallest absolute Gasteiger partial charge is 0.251 e. The van der Waals surface area contributed by atoms with Gasteiger partial charge in [-0.15, -0.1) is 0 Å². The van der Waals surface area contributed by atoms with Crippen molar-refractivity contribution in [3.05, 3.63) is 78.4 Å². The Bertz CT molecular complexity index is 1120.